The van der Waals surface area contributed by atoms with Gasteiger partial charge in [-0.05, 0) is 56.1 Å². The van der Waals surface area contributed by atoms with Crippen molar-refractivity contribution in [1.29, 1.82) is 0 Å². The average molecular weight is 451 g/mol. The van der Waals surface area contributed by atoms with Crippen LogP contribution in [0.2, 0.25) is 0 Å². The van der Waals surface area contributed by atoms with E-state index < -0.39 is 5.97 Å². The molecule has 0 unspecified atom stereocenters. The van der Waals surface area contributed by atoms with E-state index in [-0.39, 0.29) is 5.56 Å². The summed E-state index contributed by atoms with van der Waals surface area (Å²) in [6, 6.07) is 7.04. The first-order valence-corrected chi connectivity index (χ1v) is 7.46. The van der Waals surface area contributed by atoms with Gasteiger partial charge in [0, 0.05) is 19.6 Å². The van der Waals surface area contributed by atoms with E-state index in [1.54, 1.807) is 6.20 Å². The molecule has 0 radical (unpaired) electrons. The molecule has 98 valence electrons. The summed E-state index contributed by atoms with van der Waals surface area (Å²) in [4.78, 5) is 15.3. The number of benzene rings is 1. The molecule has 0 amide bonds. The second kappa shape index (κ2) is 6.02. The Labute approximate surface area is 134 Å². The standard InChI is InChI=1S/C12H7Br3N2O2/c13-6-1-2-10(9(15)4-6)17-11-8(12(18)19)3-7(14)5-16-11/h1-5H,(H,16,17)(H,18,19). The Morgan fingerprint density at radius 1 is 1.16 bits per heavy atom. The lowest BCUT2D eigenvalue weighted by atomic mass is 10.2. The number of carbonyl (C=O) groups is 1. The van der Waals surface area contributed by atoms with Crippen LogP contribution in [0.1, 0.15) is 10.4 Å². The quantitative estimate of drug-likeness (QED) is 0.704. The fraction of sp³-hybridized carbons (Fsp3) is 0. The minimum Gasteiger partial charge on any atom is -0.478 e. The van der Waals surface area contributed by atoms with Gasteiger partial charge in [0.2, 0.25) is 0 Å². The van der Waals surface area contributed by atoms with E-state index >= 15 is 0 Å². The van der Waals surface area contributed by atoms with Crippen LogP contribution in [0.5, 0.6) is 0 Å². The van der Waals surface area contributed by atoms with Gasteiger partial charge >= 0.3 is 5.97 Å². The summed E-state index contributed by atoms with van der Waals surface area (Å²) in [5.41, 5.74) is 0.838. The van der Waals surface area contributed by atoms with Crippen molar-refractivity contribution in [2.75, 3.05) is 5.32 Å². The van der Waals surface area contributed by atoms with Crippen molar-refractivity contribution in [2.45, 2.75) is 0 Å². The highest BCUT2D eigenvalue weighted by Crippen LogP contribution is 2.29. The van der Waals surface area contributed by atoms with Crippen LogP contribution in [0.4, 0.5) is 11.5 Å². The topological polar surface area (TPSA) is 62.2 Å². The highest BCUT2D eigenvalue weighted by atomic mass is 79.9. The van der Waals surface area contributed by atoms with Crippen LogP contribution >= 0.6 is 47.8 Å². The summed E-state index contributed by atoms with van der Waals surface area (Å²) in [6.45, 7) is 0. The van der Waals surface area contributed by atoms with E-state index in [9.17, 15) is 4.79 Å². The molecule has 1 aromatic carbocycles. The van der Waals surface area contributed by atoms with Crippen LogP contribution in [-0.2, 0) is 0 Å². The van der Waals surface area contributed by atoms with Gasteiger partial charge < -0.3 is 10.4 Å². The van der Waals surface area contributed by atoms with Crippen molar-refractivity contribution < 1.29 is 9.90 Å². The van der Waals surface area contributed by atoms with Crippen LogP contribution in [0.3, 0.4) is 0 Å². The van der Waals surface area contributed by atoms with Crippen molar-refractivity contribution in [3.63, 3.8) is 0 Å². The first-order chi connectivity index (χ1) is 8.97. The maximum Gasteiger partial charge on any atom is 0.339 e. The zero-order valence-corrected chi connectivity index (χ0v) is 14.1. The summed E-state index contributed by atoms with van der Waals surface area (Å²) in [5.74, 6) is -0.747. The molecule has 0 atom stereocenters. The molecule has 0 fully saturated rings. The van der Waals surface area contributed by atoms with Crippen LogP contribution in [0, 0.1) is 0 Å². The molecule has 0 aliphatic rings. The second-order valence-electron chi connectivity index (χ2n) is 3.60. The van der Waals surface area contributed by atoms with Crippen molar-refractivity contribution in [2.24, 2.45) is 0 Å². The van der Waals surface area contributed by atoms with Gasteiger partial charge in [-0.3, -0.25) is 0 Å². The van der Waals surface area contributed by atoms with Gasteiger partial charge in [0.15, 0.2) is 0 Å². The Morgan fingerprint density at radius 2 is 1.89 bits per heavy atom. The van der Waals surface area contributed by atoms with Crippen LogP contribution in [0.25, 0.3) is 0 Å². The summed E-state index contributed by atoms with van der Waals surface area (Å²) >= 11 is 9.96. The monoisotopic (exact) mass is 448 g/mol. The number of aromatic carboxylic acids is 1. The van der Waals surface area contributed by atoms with E-state index in [0.29, 0.717) is 10.3 Å². The van der Waals surface area contributed by atoms with Gasteiger partial charge in [-0.25, -0.2) is 9.78 Å². The number of halogens is 3. The fourth-order valence-corrected chi connectivity index (χ4v) is 2.90. The summed E-state index contributed by atoms with van der Waals surface area (Å²) in [7, 11) is 0. The highest BCUT2D eigenvalue weighted by molar-refractivity contribution is 9.11. The Balaban J connectivity index is 2.40. The molecule has 2 N–H and O–H groups in total. The van der Waals surface area contributed by atoms with Crippen molar-refractivity contribution >= 4 is 65.3 Å². The van der Waals surface area contributed by atoms with Gasteiger partial charge in [-0.15, -0.1) is 0 Å². The maximum atomic E-state index is 11.2. The number of anilines is 2. The lowest BCUT2D eigenvalue weighted by Gasteiger charge is -2.10. The van der Waals surface area contributed by atoms with Crippen molar-refractivity contribution in [3.05, 3.63) is 49.4 Å². The van der Waals surface area contributed by atoms with Gasteiger partial charge in [0.05, 0.1) is 5.69 Å². The number of aromatic nitrogens is 1. The molecule has 7 heteroatoms. The normalized spacial score (nSPS) is 10.3. The SMILES string of the molecule is O=C(O)c1cc(Br)cnc1Nc1ccc(Br)cc1Br. The number of hydrogen-bond donors (Lipinski definition) is 2. The molecule has 2 aromatic rings. The van der Waals surface area contributed by atoms with E-state index in [4.69, 9.17) is 5.11 Å². The predicted molar refractivity (Wildman–Crippen MR) is 84.0 cm³/mol. The first-order valence-electron chi connectivity index (χ1n) is 5.08. The second-order valence-corrected chi connectivity index (χ2v) is 6.29. The van der Waals surface area contributed by atoms with Crippen molar-refractivity contribution in [3.8, 4) is 0 Å². The van der Waals surface area contributed by atoms with Crippen LogP contribution < -0.4 is 5.32 Å². The molecule has 0 saturated heterocycles. The molecule has 0 spiro atoms. The Bertz CT molecular complexity index is 647. The smallest absolute Gasteiger partial charge is 0.339 e. The molecule has 1 aromatic heterocycles. The van der Waals surface area contributed by atoms with Gasteiger partial charge in [-0.1, -0.05) is 15.9 Å². The number of carboxylic acid groups (broad SMARTS) is 1. The largest absolute Gasteiger partial charge is 0.478 e. The Morgan fingerprint density at radius 3 is 2.53 bits per heavy atom. The highest BCUT2D eigenvalue weighted by Gasteiger charge is 2.13. The molecule has 1 heterocycles. The molecule has 19 heavy (non-hydrogen) atoms. The molecule has 0 aliphatic heterocycles. The van der Waals surface area contributed by atoms with E-state index in [0.717, 1.165) is 14.6 Å². The molecule has 4 nitrogen and oxygen atoms in total. The molecular formula is C12H7Br3N2O2. The summed E-state index contributed by atoms with van der Waals surface area (Å²) in [5, 5.41) is 12.2. The third-order valence-corrected chi connectivity index (χ3v) is 3.85. The van der Waals surface area contributed by atoms with Gasteiger partial charge in [0.25, 0.3) is 0 Å². The number of nitrogens with one attached hydrogen (secondary N) is 1. The fourth-order valence-electron chi connectivity index (χ4n) is 1.42. The number of pyridine rings is 1. The third kappa shape index (κ3) is 3.55. The zero-order chi connectivity index (χ0) is 14.0. The third-order valence-electron chi connectivity index (χ3n) is 2.27. The molecular weight excluding hydrogens is 444 g/mol. The molecule has 2 rings (SSSR count). The van der Waals surface area contributed by atoms with E-state index in [1.165, 1.54) is 6.07 Å². The molecule has 0 saturated carbocycles. The lowest BCUT2D eigenvalue weighted by Crippen LogP contribution is -2.05. The molecule has 0 aliphatic carbocycles. The Hall–Kier alpha value is -0.920. The number of carboxylic acids is 1. The maximum absolute atomic E-state index is 11.2. The number of nitrogens with zero attached hydrogens (tertiary/aromatic N) is 1. The lowest BCUT2D eigenvalue weighted by molar-refractivity contribution is 0.0697. The predicted octanol–water partition coefficient (Wildman–Crippen LogP) is 4.81. The van der Waals surface area contributed by atoms with Crippen LogP contribution in [0.15, 0.2) is 43.9 Å². The van der Waals surface area contributed by atoms with Gasteiger partial charge in [-0.2, -0.15) is 0 Å². The number of hydrogen-bond acceptors (Lipinski definition) is 3. The van der Waals surface area contributed by atoms with Gasteiger partial charge in [0.1, 0.15) is 11.4 Å². The molecule has 0 bridgehead atoms. The van der Waals surface area contributed by atoms with Crippen molar-refractivity contribution in [1.82, 2.24) is 4.98 Å². The zero-order valence-electron chi connectivity index (χ0n) is 9.32. The minimum atomic E-state index is -1.04. The van der Waals surface area contributed by atoms with Crippen LogP contribution in [-0.4, -0.2) is 16.1 Å². The average Bonchev–Trinajstić information content (AvgIpc) is 2.34. The van der Waals surface area contributed by atoms with E-state index in [1.807, 2.05) is 18.2 Å². The van der Waals surface area contributed by atoms with E-state index in [2.05, 4.69) is 58.1 Å². The summed E-state index contributed by atoms with van der Waals surface area (Å²) < 4.78 is 2.35. The Kier molecular flexibility index (Phi) is 4.59. The minimum absolute atomic E-state index is 0.101. The number of rotatable bonds is 3. The summed E-state index contributed by atoms with van der Waals surface area (Å²) in [6.07, 6.45) is 1.54. The first kappa shape index (κ1) is 14.5.